The monoisotopic (exact) mass is 441 g/mol. The fourth-order valence-corrected chi connectivity index (χ4v) is 4.04. The van der Waals surface area contributed by atoms with Gasteiger partial charge in [0.2, 0.25) is 5.95 Å². The second-order valence-electron chi connectivity index (χ2n) is 7.96. The van der Waals surface area contributed by atoms with Crippen molar-refractivity contribution >= 4 is 23.1 Å². The molecule has 4 aromatic rings. The predicted molar refractivity (Wildman–Crippen MR) is 125 cm³/mol. The summed E-state index contributed by atoms with van der Waals surface area (Å²) in [5, 5.41) is 3.36. The topological polar surface area (TPSA) is 91.0 Å². The first-order valence-electron chi connectivity index (χ1n) is 10.8. The average Bonchev–Trinajstić information content (AvgIpc) is 3.42. The lowest BCUT2D eigenvalue weighted by atomic mass is 10.2. The largest absolute Gasteiger partial charge is 0.458 e. The lowest BCUT2D eigenvalue weighted by Gasteiger charge is -2.18. The van der Waals surface area contributed by atoms with Gasteiger partial charge in [-0.25, -0.2) is 9.55 Å². The molecule has 0 bridgehead atoms. The van der Waals surface area contributed by atoms with Gasteiger partial charge < -0.3 is 14.6 Å². The van der Waals surface area contributed by atoms with E-state index in [1.54, 1.807) is 6.33 Å². The molecule has 5 rings (SSSR count). The van der Waals surface area contributed by atoms with E-state index >= 15 is 0 Å². The molecule has 8 nitrogen and oxygen atoms in total. The molecule has 8 heteroatoms. The number of anilines is 1. The number of ether oxygens (including phenoxy) is 1. The fourth-order valence-electron chi connectivity index (χ4n) is 4.04. The van der Waals surface area contributed by atoms with E-state index in [0.29, 0.717) is 35.8 Å². The maximum Gasteiger partial charge on any atom is 0.303 e. The Morgan fingerprint density at radius 3 is 2.55 bits per heavy atom. The standard InChI is InChI=1S/C25H23N5O3/c1-17(31)33-21-13-12-19(14-21)27-25-28-23-22(24(32)30(25)20-10-6-3-7-11-20)26-16-29(23)15-18-8-4-2-5-9-18/h2-13,16,19,21H,14-15H2,1H3,(H,27,28)/t19-,21+/m0/s1. The normalized spacial score (nSPS) is 17.4. The molecule has 1 aliphatic rings. The molecule has 0 aliphatic heterocycles. The summed E-state index contributed by atoms with van der Waals surface area (Å²) in [6.45, 7) is 1.95. The van der Waals surface area contributed by atoms with E-state index in [9.17, 15) is 9.59 Å². The first-order valence-corrected chi connectivity index (χ1v) is 10.8. The second kappa shape index (κ2) is 8.74. The van der Waals surface area contributed by atoms with Crippen LogP contribution < -0.4 is 10.9 Å². The van der Waals surface area contributed by atoms with Crippen molar-refractivity contribution in [2.75, 3.05) is 5.32 Å². The average molecular weight is 441 g/mol. The first-order chi connectivity index (χ1) is 16.1. The number of hydrogen-bond acceptors (Lipinski definition) is 6. The summed E-state index contributed by atoms with van der Waals surface area (Å²) in [5.74, 6) is 0.0856. The zero-order valence-corrected chi connectivity index (χ0v) is 18.1. The quantitative estimate of drug-likeness (QED) is 0.365. The number of esters is 1. The Bertz CT molecular complexity index is 1380. The number of imidazole rings is 1. The van der Waals surface area contributed by atoms with E-state index in [0.717, 1.165) is 5.56 Å². The van der Waals surface area contributed by atoms with E-state index < -0.39 is 0 Å². The summed E-state index contributed by atoms with van der Waals surface area (Å²) in [7, 11) is 0. The Balaban J connectivity index is 1.56. The van der Waals surface area contributed by atoms with E-state index in [4.69, 9.17) is 9.72 Å². The molecule has 0 saturated carbocycles. The van der Waals surface area contributed by atoms with Crippen LogP contribution in [0.15, 0.2) is 83.9 Å². The molecule has 2 aromatic carbocycles. The number of fused-ring (bicyclic) bond motifs is 1. The van der Waals surface area contributed by atoms with Crippen LogP contribution in [-0.2, 0) is 16.1 Å². The van der Waals surface area contributed by atoms with Gasteiger partial charge >= 0.3 is 5.97 Å². The highest BCUT2D eigenvalue weighted by molar-refractivity contribution is 5.72. The molecule has 0 spiro atoms. The number of carbonyl (C=O) groups excluding carboxylic acids is 1. The first kappa shape index (κ1) is 20.7. The van der Waals surface area contributed by atoms with Crippen LogP contribution in [0, 0.1) is 0 Å². The smallest absolute Gasteiger partial charge is 0.303 e. The number of benzene rings is 2. The number of rotatable bonds is 6. The van der Waals surface area contributed by atoms with E-state index in [1.165, 1.54) is 11.5 Å². The number of hydrogen-bond donors (Lipinski definition) is 1. The molecule has 2 atom stereocenters. The molecule has 166 valence electrons. The molecule has 1 aliphatic carbocycles. The van der Waals surface area contributed by atoms with Gasteiger partial charge in [-0.05, 0) is 23.8 Å². The lowest BCUT2D eigenvalue weighted by molar-refractivity contribution is -0.144. The molecule has 2 heterocycles. The third kappa shape index (κ3) is 4.27. The summed E-state index contributed by atoms with van der Waals surface area (Å²) in [4.78, 5) is 34.0. The second-order valence-corrected chi connectivity index (χ2v) is 7.96. The van der Waals surface area contributed by atoms with Gasteiger partial charge in [0.15, 0.2) is 11.2 Å². The minimum Gasteiger partial charge on any atom is -0.458 e. The molecule has 0 saturated heterocycles. The van der Waals surface area contributed by atoms with E-state index in [2.05, 4.69) is 10.3 Å². The van der Waals surface area contributed by atoms with Crippen molar-refractivity contribution in [2.24, 2.45) is 0 Å². The van der Waals surface area contributed by atoms with Crippen LogP contribution in [0.3, 0.4) is 0 Å². The third-order valence-corrected chi connectivity index (χ3v) is 5.53. The van der Waals surface area contributed by atoms with Gasteiger partial charge in [0, 0.05) is 13.3 Å². The van der Waals surface area contributed by atoms with Gasteiger partial charge in [-0.3, -0.25) is 9.59 Å². The van der Waals surface area contributed by atoms with Crippen molar-refractivity contribution in [2.45, 2.75) is 32.0 Å². The van der Waals surface area contributed by atoms with Gasteiger partial charge in [0.05, 0.1) is 24.6 Å². The summed E-state index contributed by atoms with van der Waals surface area (Å²) < 4.78 is 8.70. The van der Waals surface area contributed by atoms with Gasteiger partial charge in [0.1, 0.15) is 6.10 Å². The molecule has 0 unspecified atom stereocenters. The highest BCUT2D eigenvalue weighted by Gasteiger charge is 2.24. The van der Waals surface area contributed by atoms with Crippen LogP contribution in [0.2, 0.25) is 0 Å². The zero-order chi connectivity index (χ0) is 22.8. The highest BCUT2D eigenvalue weighted by Crippen LogP contribution is 2.22. The Morgan fingerprint density at radius 1 is 1.09 bits per heavy atom. The third-order valence-electron chi connectivity index (χ3n) is 5.53. The predicted octanol–water partition coefficient (Wildman–Crippen LogP) is 3.30. The minimum absolute atomic E-state index is 0.140. The summed E-state index contributed by atoms with van der Waals surface area (Å²) in [6, 6.07) is 19.2. The van der Waals surface area contributed by atoms with Gasteiger partial charge in [-0.1, -0.05) is 54.6 Å². The molecular formula is C25H23N5O3. The SMILES string of the molecule is CC(=O)O[C@@H]1C=C[C@H](Nc2nc3c(ncn3Cc3ccccc3)c(=O)n2-c2ccccc2)C1. The van der Waals surface area contributed by atoms with E-state index in [1.807, 2.05) is 77.4 Å². The van der Waals surface area contributed by atoms with Gasteiger partial charge in [0.25, 0.3) is 5.56 Å². The van der Waals surface area contributed by atoms with Crippen molar-refractivity contribution in [3.05, 3.63) is 95.1 Å². The molecular weight excluding hydrogens is 418 g/mol. The highest BCUT2D eigenvalue weighted by atomic mass is 16.5. The number of para-hydroxylation sites is 1. The number of aromatic nitrogens is 4. The van der Waals surface area contributed by atoms with Crippen LogP contribution in [-0.4, -0.2) is 37.2 Å². The molecule has 1 N–H and O–H groups in total. The molecule has 33 heavy (non-hydrogen) atoms. The minimum atomic E-state index is -0.323. The number of carbonyl (C=O) groups is 1. The Kier molecular flexibility index (Phi) is 5.48. The molecule has 0 fully saturated rings. The fraction of sp³-hybridized carbons (Fsp3) is 0.200. The number of nitrogens with zero attached hydrogens (tertiary/aromatic N) is 4. The number of nitrogens with one attached hydrogen (secondary N) is 1. The van der Waals surface area contributed by atoms with Crippen molar-refractivity contribution in [1.82, 2.24) is 19.1 Å². The van der Waals surface area contributed by atoms with Crippen LogP contribution in [0.4, 0.5) is 5.95 Å². The summed E-state index contributed by atoms with van der Waals surface area (Å²) in [5.41, 5.74) is 2.34. The van der Waals surface area contributed by atoms with Gasteiger partial charge in [-0.2, -0.15) is 4.98 Å². The maximum atomic E-state index is 13.5. The Labute approximate surface area is 190 Å². The summed E-state index contributed by atoms with van der Waals surface area (Å²) >= 11 is 0. The zero-order valence-electron chi connectivity index (χ0n) is 18.1. The van der Waals surface area contributed by atoms with Crippen LogP contribution in [0.1, 0.15) is 18.9 Å². The van der Waals surface area contributed by atoms with Crippen molar-refractivity contribution in [3.63, 3.8) is 0 Å². The Hall–Kier alpha value is -4.20. The van der Waals surface area contributed by atoms with Crippen molar-refractivity contribution in [1.29, 1.82) is 0 Å². The summed E-state index contributed by atoms with van der Waals surface area (Å²) in [6.07, 6.45) is 5.69. The van der Waals surface area contributed by atoms with Gasteiger partial charge in [-0.15, -0.1) is 0 Å². The van der Waals surface area contributed by atoms with Crippen molar-refractivity contribution in [3.8, 4) is 5.69 Å². The Morgan fingerprint density at radius 2 is 1.82 bits per heavy atom. The lowest BCUT2D eigenvalue weighted by Crippen LogP contribution is -2.28. The molecule has 0 radical (unpaired) electrons. The van der Waals surface area contributed by atoms with Crippen molar-refractivity contribution < 1.29 is 9.53 Å². The van der Waals surface area contributed by atoms with E-state index in [-0.39, 0.29) is 23.7 Å². The molecule has 2 aromatic heterocycles. The molecule has 0 amide bonds. The maximum absolute atomic E-state index is 13.5. The van der Waals surface area contributed by atoms with Crippen LogP contribution in [0.25, 0.3) is 16.9 Å². The van der Waals surface area contributed by atoms with Crippen LogP contribution >= 0.6 is 0 Å². The van der Waals surface area contributed by atoms with Crippen LogP contribution in [0.5, 0.6) is 0 Å².